The summed E-state index contributed by atoms with van der Waals surface area (Å²) in [7, 11) is -1.76. The normalized spacial score (nSPS) is 13.8. The Balaban J connectivity index is 1.21. The number of hydrogen-bond acceptors (Lipinski definition) is 4. The van der Waals surface area contributed by atoms with Gasteiger partial charge in [0, 0.05) is 40.5 Å². The molecule has 0 saturated carbocycles. The first-order valence-electron chi connectivity index (χ1n) is 20.5. The molecule has 0 saturated heterocycles. The highest BCUT2D eigenvalue weighted by Gasteiger charge is 2.35. The first-order chi connectivity index (χ1) is 27.2. The standard InChI is InChI=1S/C51H57FN4OSi/c1-49(2,3)33-23-24-53-47(28-33)56-43-22-19-36(52)29-42(43)41-21-20-40(31-45(41)56)57-39-16-13-15-37(30-39)54-32-55(48-44(54)17-14-18-46(48)58(10,11)12)38-26-34(50(4,5)6)25-35(27-38)51(7,8)9/h13-31H,32H2,1-12H3. The van der Waals surface area contributed by atoms with Gasteiger partial charge in [-0.15, -0.1) is 0 Å². The Morgan fingerprint density at radius 1 is 0.586 bits per heavy atom. The maximum Gasteiger partial charge on any atom is 0.137 e. The van der Waals surface area contributed by atoms with Crippen molar-refractivity contribution in [2.75, 3.05) is 16.5 Å². The van der Waals surface area contributed by atoms with Crippen molar-refractivity contribution in [3.8, 4) is 17.3 Å². The van der Waals surface area contributed by atoms with Crippen molar-refractivity contribution in [3.63, 3.8) is 0 Å². The predicted octanol–water partition coefficient (Wildman–Crippen LogP) is 13.8. The zero-order chi connectivity index (χ0) is 41.5. The second-order valence-electron chi connectivity index (χ2n) is 20.1. The molecule has 7 heteroatoms. The molecule has 0 amide bonds. The highest BCUT2D eigenvalue weighted by molar-refractivity contribution is 6.90. The van der Waals surface area contributed by atoms with Gasteiger partial charge in [-0.05, 0) is 111 Å². The molecule has 0 aliphatic carbocycles. The number of ether oxygens (including phenoxy) is 1. The Labute approximate surface area is 345 Å². The molecule has 2 aromatic heterocycles. The van der Waals surface area contributed by atoms with Crippen molar-refractivity contribution in [1.82, 2.24) is 9.55 Å². The van der Waals surface area contributed by atoms with Gasteiger partial charge in [0.15, 0.2) is 0 Å². The third-order valence-electron chi connectivity index (χ3n) is 11.5. The average Bonchev–Trinajstić information content (AvgIpc) is 3.69. The second kappa shape index (κ2) is 13.9. The summed E-state index contributed by atoms with van der Waals surface area (Å²) >= 11 is 0. The number of fused-ring (bicyclic) bond motifs is 4. The highest BCUT2D eigenvalue weighted by Crippen LogP contribution is 2.47. The van der Waals surface area contributed by atoms with Gasteiger partial charge in [-0.3, -0.25) is 4.57 Å². The lowest BCUT2D eigenvalue weighted by Gasteiger charge is -2.31. The topological polar surface area (TPSA) is 33.5 Å². The summed E-state index contributed by atoms with van der Waals surface area (Å²) in [6, 6.07) is 37.7. The fraction of sp³-hybridized carbons (Fsp3) is 0.314. The first kappa shape index (κ1) is 39.4. The van der Waals surface area contributed by atoms with Gasteiger partial charge in [0.1, 0.15) is 29.8 Å². The van der Waals surface area contributed by atoms with Gasteiger partial charge < -0.3 is 14.5 Å². The molecule has 3 heterocycles. The molecule has 1 aliphatic rings. The number of rotatable bonds is 6. The number of benzene rings is 5. The summed E-state index contributed by atoms with van der Waals surface area (Å²) in [4.78, 5) is 9.78. The molecule has 5 nitrogen and oxygen atoms in total. The average molecular weight is 789 g/mol. The molecule has 8 rings (SSSR count). The quantitative estimate of drug-likeness (QED) is 0.157. The van der Waals surface area contributed by atoms with Crippen molar-refractivity contribution in [1.29, 1.82) is 0 Å². The molecule has 0 radical (unpaired) electrons. The molecule has 0 N–H and O–H groups in total. The smallest absolute Gasteiger partial charge is 0.137 e. The number of para-hydroxylation sites is 1. The van der Waals surface area contributed by atoms with Crippen molar-refractivity contribution < 1.29 is 9.13 Å². The number of hydrogen-bond donors (Lipinski definition) is 0. The Hall–Kier alpha value is -5.40. The zero-order valence-corrected chi connectivity index (χ0v) is 37.3. The zero-order valence-electron chi connectivity index (χ0n) is 36.3. The monoisotopic (exact) mass is 788 g/mol. The lowest BCUT2D eigenvalue weighted by atomic mass is 9.80. The van der Waals surface area contributed by atoms with E-state index in [1.165, 1.54) is 45.0 Å². The Morgan fingerprint density at radius 2 is 1.26 bits per heavy atom. The van der Waals surface area contributed by atoms with Crippen LogP contribution in [0.25, 0.3) is 27.6 Å². The van der Waals surface area contributed by atoms with Crippen LogP contribution in [0.3, 0.4) is 0 Å². The largest absolute Gasteiger partial charge is 0.457 e. The maximum atomic E-state index is 14.7. The Bertz CT molecular complexity index is 2670. The molecule has 298 valence electrons. The lowest BCUT2D eigenvalue weighted by Crippen LogP contribution is -2.40. The molecular weight excluding hydrogens is 732 g/mol. The van der Waals surface area contributed by atoms with Gasteiger partial charge in [-0.25, -0.2) is 9.37 Å². The summed E-state index contributed by atoms with van der Waals surface area (Å²) in [5.74, 6) is 1.95. The van der Waals surface area contributed by atoms with Gasteiger partial charge in [-0.2, -0.15) is 0 Å². The minimum atomic E-state index is -1.76. The van der Waals surface area contributed by atoms with Crippen LogP contribution >= 0.6 is 0 Å². The molecule has 58 heavy (non-hydrogen) atoms. The number of halogens is 1. The van der Waals surface area contributed by atoms with Crippen molar-refractivity contribution in [3.05, 3.63) is 138 Å². The van der Waals surface area contributed by atoms with Crippen LogP contribution < -0.4 is 19.7 Å². The van der Waals surface area contributed by atoms with Crippen LogP contribution in [0.5, 0.6) is 11.5 Å². The number of anilines is 4. The molecular formula is C51H57FN4OSi. The van der Waals surface area contributed by atoms with Gasteiger partial charge in [-0.1, -0.05) is 106 Å². The third-order valence-corrected chi connectivity index (χ3v) is 13.6. The third kappa shape index (κ3) is 7.30. The molecule has 0 spiro atoms. The van der Waals surface area contributed by atoms with E-state index in [-0.39, 0.29) is 22.1 Å². The van der Waals surface area contributed by atoms with Crippen LogP contribution in [-0.4, -0.2) is 24.3 Å². The highest BCUT2D eigenvalue weighted by atomic mass is 28.3. The van der Waals surface area contributed by atoms with E-state index in [1.807, 2.05) is 36.5 Å². The molecule has 5 aromatic carbocycles. The van der Waals surface area contributed by atoms with E-state index < -0.39 is 8.07 Å². The van der Waals surface area contributed by atoms with E-state index in [0.29, 0.717) is 12.4 Å². The van der Waals surface area contributed by atoms with Gasteiger partial charge in [0.05, 0.1) is 30.5 Å². The van der Waals surface area contributed by atoms with Gasteiger partial charge in [0.2, 0.25) is 0 Å². The number of pyridine rings is 1. The Morgan fingerprint density at radius 3 is 1.93 bits per heavy atom. The summed E-state index contributed by atoms with van der Waals surface area (Å²) in [5, 5.41) is 3.23. The predicted molar refractivity (Wildman–Crippen MR) is 246 cm³/mol. The van der Waals surface area contributed by atoms with Crippen LogP contribution in [0.4, 0.5) is 27.1 Å². The van der Waals surface area contributed by atoms with Gasteiger partial charge in [0.25, 0.3) is 0 Å². The lowest BCUT2D eigenvalue weighted by molar-refractivity contribution is 0.483. The van der Waals surface area contributed by atoms with E-state index in [9.17, 15) is 4.39 Å². The minimum absolute atomic E-state index is 0.00274. The Kier molecular flexibility index (Phi) is 9.43. The summed E-state index contributed by atoms with van der Waals surface area (Å²) < 4.78 is 23.5. The molecule has 7 aromatic rings. The van der Waals surface area contributed by atoms with Crippen LogP contribution in [0.1, 0.15) is 79.0 Å². The van der Waals surface area contributed by atoms with Crippen LogP contribution in [0.15, 0.2) is 115 Å². The molecule has 0 atom stereocenters. The van der Waals surface area contributed by atoms with Crippen LogP contribution in [0, 0.1) is 5.82 Å². The summed E-state index contributed by atoms with van der Waals surface area (Å²) in [6.07, 6.45) is 1.86. The summed E-state index contributed by atoms with van der Waals surface area (Å²) in [5.41, 5.74) is 10.4. The maximum absolute atomic E-state index is 14.7. The van der Waals surface area contributed by atoms with E-state index >= 15 is 0 Å². The van der Waals surface area contributed by atoms with Crippen LogP contribution in [-0.2, 0) is 16.2 Å². The van der Waals surface area contributed by atoms with E-state index in [1.54, 1.807) is 6.07 Å². The van der Waals surface area contributed by atoms with E-state index in [4.69, 9.17) is 9.72 Å². The SMILES string of the molecule is CC(C)(C)c1cc(N2CN(c3cccc(Oc4ccc5c6cc(F)ccc6n(-c6cc(C(C)(C)C)ccn6)c5c4)c3)c3cccc([Si](C)(C)C)c32)cc(C(C)(C)C)c1. The van der Waals surface area contributed by atoms with E-state index in [2.05, 4.69) is 163 Å². The molecule has 0 unspecified atom stereocenters. The van der Waals surface area contributed by atoms with Gasteiger partial charge >= 0.3 is 0 Å². The van der Waals surface area contributed by atoms with Crippen molar-refractivity contribution in [2.45, 2.75) is 98.2 Å². The fourth-order valence-electron chi connectivity index (χ4n) is 8.13. The molecule has 0 fully saturated rings. The molecule has 1 aliphatic heterocycles. The summed E-state index contributed by atoms with van der Waals surface area (Å²) in [6.45, 7) is 28.4. The number of aromatic nitrogens is 2. The van der Waals surface area contributed by atoms with E-state index in [0.717, 1.165) is 39.1 Å². The fourth-order valence-corrected chi connectivity index (χ4v) is 9.70. The van der Waals surface area contributed by atoms with Crippen molar-refractivity contribution in [2.24, 2.45) is 0 Å². The first-order valence-corrected chi connectivity index (χ1v) is 24.0. The second-order valence-corrected chi connectivity index (χ2v) is 25.2. The molecule has 0 bridgehead atoms. The van der Waals surface area contributed by atoms with Crippen molar-refractivity contribution >= 4 is 57.8 Å². The number of nitrogens with zero attached hydrogens (tertiary/aromatic N) is 4. The minimum Gasteiger partial charge on any atom is -0.457 e. The van der Waals surface area contributed by atoms with Crippen LogP contribution in [0.2, 0.25) is 19.6 Å².